The molecule has 1 aromatic carbocycles. The first kappa shape index (κ1) is 18.2. The Morgan fingerprint density at radius 2 is 2.00 bits per heavy atom. The fraction of sp³-hybridized carbons (Fsp3) is 0.588. The fourth-order valence-corrected chi connectivity index (χ4v) is 4.46. The minimum Gasteiger partial charge on any atom is -0.481 e. The fourth-order valence-electron chi connectivity index (χ4n) is 3.25. The average molecular weight is 346 g/mol. The lowest BCUT2D eigenvalue weighted by Gasteiger charge is -2.36. The van der Waals surface area contributed by atoms with Gasteiger partial charge in [0.15, 0.2) is 0 Å². The van der Waals surface area contributed by atoms with Gasteiger partial charge in [-0.1, -0.05) is 19.4 Å². The lowest BCUT2D eigenvalue weighted by Crippen LogP contribution is -2.36. The minimum absolute atomic E-state index is 0.183. The quantitative estimate of drug-likeness (QED) is 0.753. The highest BCUT2D eigenvalue weighted by Crippen LogP contribution is 2.45. The highest BCUT2D eigenvalue weighted by atomic mass is 32.2. The summed E-state index contributed by atoms with van der Waals surface area (Å²) in [5, 5.41) is 9.67. The van der Waals surface area contributed by atoms with Gasteiger partial charge < -0.3 is 5.11 Å². The Hall–Kier alpha value is -1.17. The second-order valence-corrected chi connectivity index (χ2v) is 7.55. The number of halogens is 3. The molecule has 0 radical (unpaired) electrons. The molecule has 6 heteroatoms. The predicted molar refractivity (Wildman–Crippen MR) is 84.5 cm³/mol. The van der Waals surface area contributed by atoms with E-state index in [1.165, 1.54) is 23.9 Å². The molecule has 1 aliphatic rings. The van der Waals surface area contributed by atoms with E-state index in [-0.39, 0.29) is 5.25 Å². The van der Waals surface area contributed by atoms with E-state index in [4.69, 9.17) is 0 Å². The van der Waals surface area contributed by atoms with Crippen molar-refractivity contribution in [3.8, 4) is 0 Å². The third-order valence-electron chi connectivity index (χ3n) is 4.54. The van der Waals surface area contributed by atoms with Crippen molar-refractivity contribution in [3.05, 3.63) is 29.8 Å². The van der Waals surface area contributed by atoms with E-state index in [9.17, 15) is 23.1 Å². The summed E-state index contributed by atoms with van der Waals surface area (Å²) in [5.74, 6) is -0.734. The van der Waals surface area contributed by atoms with Gasteiger partial charge in [0.25, 0.3) is 0 Å². The Morgan fingerprint density at radius 3 is 2.52 bits per heavy atom. The van der Waals surface area contributed by atoms with E-state index in [0.29, 0.717) is 24.2 Å². The van der Waals surface area contributed by atoms with Crippen molar-refractivity contribution in [1.82, 2.24) is 0 Å². The average Bonchev–Trinajstić information content (AvgIpc) is 2.49. The molecule has 128 valence electrons. The Morgan fingerprint density at radius 1 is 1.35 bits per heavy atom. The van der Waals surface area contributed by atoms with Gasteiger partial charge in [0, 0.05) is 10.1 Å². The second-order valence-electron chi connectivity index (χ2n) is 6.18. The van der Waals surface area contributed by atoms with Gasteiger partial charge in [0.1, 0.15) is 0 Å². The molecule has 0 amide bonds. The summed E-state index contributed by atoms with van der Waals surface area (Å²) >= 11 is 1.43. The number of aliphatic carboxylic acids is 1. The number of thioether (sulfide) groups is 1. The lowest BCUT2D eigenvalue weighted by molar-refractivity contribution is -0.151. The highest BCUT2D eigenvalue weighted by molar-refractivity contribution is 8.00. The number of benzene rings is 1. The Kier molecular flexibility index (Phi) is 5.65. The number of hydrogen-bond donors (Lipinski definition) is 1. The van der Waals surface area contributed by atoms with Crippen molar-refractivity contribution >= 4 is 17.7 Å². The van der Waals surface area contributed by atoms with Crippen molar-refractivity contribution in [3.63, 3.8) is 0 Å². The zero-order valence-electron chi connectivity index (χ0n) is 13.0. The Balaban J connectivity index is 2.00. The Bertz CT molecular complexity index is 549. The van der Waals surface area contributed by atoms with Gasteiger partial charge in [0.2, 0.25) is 0 Å². The summed E-state index contributed by atoms with van der Waals surface area (Å²) in [7, 11) is 0. The van der Waals surface area contributed by atoms with E-state index in [1.54, 1.807) is 6.07 Å². The summed E-state index contributed by atoms with van der Waals surface area (Å²) in [4.78, 5) is 12.2. The number of carboxylic acids is 1. The van der Waals surface area contributed by atoms with E-state index < -0.39 is 23.1 Å². The number of alkyl halides is 3. The maximum atomic E-state index is 12.7. The van der Waals surface area contributed by atoms with Gasteiger partial charge in [-0.2, -0.15) is 13.2 Å². The van der Waals surface area contributed by atoms with Crippen molar-refractivity contribution in [2.75, 3.05) is 0 Å². The van der Waals surface area contributed by atoms with E-state index in [2.05, 4.69) is 0 Å². The molecule has 0 bridgehead atoms. The monoisotopic (exact) mass is 346 g/mol. The molecule has 0 heterocycles. The number of hydrogen-bond acceptors (Lipinski definition) is 2. The van der Waals surface area contributed by atoms with Gasteiger partial charge in [-0.05, 0) is 50.3 Å². The van der Waals surface area contributed by atoms with Crippen LogP contribution in [0.5, 0.6) is 0 Å². The van der Waals surface area contributed by atoms with Crippen LogP contribution in [0, 0.1) is 5.41 Å². The van der Waals surface area contributed by atoms with E-state index in [1.807, 2.05) is 6.92 Å². The molecular formula is C17H21F3O2S. The van der Waals surface area contributed by atoms with Gasteiger partial charge in [-0.25, -0.2) is 0 Å². The first-order valence-electron chi connectivity index (χ1n) is 7.84. The van der Waals surface area contributed by atoms with E-state index >= 15 is 0 Å². The molecule has 1 saturated carbocycles. The van der Waals surface area contributed by atoms with Crippen molar-refractivity contribution in [2.45, 2.75) is 61.8 Å². The lowest BCUT2D eigenvalue weighted by atomic mass is 9.71. The number of carboxylic acid groups (broad SMARTS) is 1. The predicted octanol–water partition coefficient (Wildman–Crippen LogP) is 5.61. The summed E-state index contributed by atoms with van der Waals surface area (Å²) in [6.07, 6.45) is -0.163. The molecule has 2 nitrogen and oxygen atoms in total. The maximum absolute atomic E-state index is 12.7. The second kappa shape index (κ2) is 7.16. The zero-order chi connectivity index (χ0) is 17.1. The van der Waals surface area contributed by atoms with Crippen LogP contribution in [0.3, 0.4) is 0 Å². The minimum atomic E-state index is -4.33. The molecule has 0 aromatic heterocycles. The largest absolute Gasteiger partial charge is 0.481 e. The van der Waals surface area contributed by atoms with Crippen molar-refractivity contribution < 1.29 is 23.1 Å². The van der Waals surface area contributed by atoms with Crippen molar-refractivity contribution in [2.24, 2.45) is 5.41 Å². The van der Waals surface area contributed by atoms with Crippen LogP contribution < -0.4 is 0 Å². The summed E-state index contributed by atoms with van der Waals surface area (Å²) < 4.78 is 38.2. The molecule has 2 rings (SSSR count). The summed E-state index contributed by atoms with van der Waals surface area (Å²) in [6, 6.07) is 5.36. The van der Waals surface area contributed by atoms with Crippen molar-refractivity contribution in [1.29, 1.82) is 0 Å². The maximum Gasteiger partial charge on any atom is 0.416 e. The third kappa shape index (κ3) is 4.43. The molecule has 0 atom stereocenters. The zero-order valence-corrected chi connectivity index (χ0v) is 13.8. The van der Waals surface area contributed by atoms with Gasteiger partial charge in [-0.3, -0.25) is 4.79 Å². The highest BCUT2D eigenvalue weighted by Gasteiger charge is 2.41. The molecule has 1 aromatic rings. The molecule has 1 N–H and O–H groups in total. The first-order chi connectivity index (χ1) is 10.8. The standard InChI is InChI=1S/C17H21F3O2S/c1-2-8-16(15(21)22)9-6-13(7-10-16)23-14-5-3-4-12(11-14)17(18,19)20/h3-5,11,13H,2,6-10H2,1H3,(H,21,22). The normalized spacial score (nSPS) is 25.3. The van der Waals surface area contributed by atoms with Crippen LogP contribution in [0.4, 0.5) is 13.2 Å². The van der Waals surface area contributed by atoms with Gasteiger partial charge in [0.05, 0.1) is 11.0 Å². The molecule has 23 heavy (non-hydrogen) atoms. The Labute approximate surface area is 138 Å². The molecule has 0 aliphatic heterocycles. The smallest absolute Gasteiger partial charge is 0.416 e. The van der Waals surface area contributed by atoms with Crippen LogP contribution >= 0.6 is 11.8 Å². The molecular weight excluding hydrogens is 325 g/mol. The molecule has 0 unspecified atom stereocenters. The third-order valence-corrected chi connectivity index (χ3v) is 5.87. The van der Waals surface area contributed by atoms with Crippen LogP contribution in [0.1, 0.15) is 51.0 Å². The molecule has 1 fully saturated rings. The molecule has 0 saturated heterocycles. The SMILES string of the molecule is CCCC1(C(=O)O)CCC(Sc2cccc(C(F)(F)F)c2)CC1. The van der Waals surface area contributed by atoms with Crippen LogP contribution in [0.15, 0.2) is 29.2 Å². The summed E-state index contributed by atoms with van der Waals surface area (Å²) in [5.41, 5.74) is -1.27. The first-order valence-corrected chi connectivity index (χ1v) is 8.72. The molecule has 0 spiro atoms. The van der Waals surface area contributed by atoms with Crippen LogP contribution in [0.25, 0.3) is 0 Å². The summed E-state index contributed by atoms with van der Waals surface area (Å²) in [6.45, 7) is 1.98. The van der Waals surface area contributed by atoms with Crippen LogP contribution in [-0.4, -0.2) is 16.3 Å². The number of rotatable bonds is 5. The topological polar surface area (TPSA) is 37.3 Å². The molecule has 1 aliphatic carbocycles. The van der Waals surface area contributed by atoms with Crippen LogP contribution in [0.2, 0.25) is 0 Å². The van der Waals surface area contributed by atoms with Crippen LogP contribution in [-0.2, 0) is 11.0 Å². The van der Waals surface area contributed by atoms with E-state index in [0.717, 1.165) is 25.3 Å². The number of carbonyl (C=O) groups is 1. The van der Waals surface area contributed by atoms with Gasteiger partial charge in [-0.15, -0.1) is 11.8 Å². The van der Waals surface area contributed by atoms with Gasteiger partial charge >= 0.3 is 12.1 Å².